The van der Waals surface area contributed by atoms with E-state index in [1.54, 1.807) is 24.5 Å². The molecule has 4 nitrogen and oxygen atoms in total. The summed E-state index contributed by atoms with van der Waals surface area (Å²) in [6.45, 7) is 3.29. The van der Waals surface area contributed by atoms with E-state index in [4.69, 9.17) is 16.3 Å². The molecule has 134 valence electrons. The van der Waals surface area contributed by atoms with E-state index >= 15 is 0 Å². The molecule has 26 heavy (non-hydrogen) atoms. The fraction of sp³-hybridized carbons (Fsp3) is 0.250. The van der Waals surface area contributed by atoms with Crippen LogP contribution in [0.1, 0.15) is 0 Å². The molecule has 4 rings (SSSR count). The lowest BCUT2D eigenvalue weighted by Crippen LogP contribution is -2.47. The van der Waals surface area contributed by atoms with Gasteiger partial charge in [0, 0.05) is 46.7 Å². The number of fused-ring (bicyclic) bond motifs is 1. The number of anilines is 2. The Labute approximate surface area is 161 Å². The summed E-state index contributed by atoms with van der Waals surface area (Å²) in [7, 11) is 1.69. The molecule has 1 aromatic heterocycles. The predicted octanol–water partition coefficient (Wildman–Crippen LogP) is 4.25. The standard InChI is InChI=1S/C20H19ClN2O2S/c1-25-18-5-3-2-4-16(18)22-8-10-23(11-9-22)17-13-26-19-7-6-14(21)12-15(19)20(17)24/h2-7,12-13H,8-11H2,1H3. The summed E-state index contributed by atoms with van der Waals surface area (Å²) in [6, 6.07) is 13.6. The van der Waals surface area contributed by atoms with Crippen LogP contribution in [0.4, 0.5) is 11.4 Å². The second-order valence-corrected chi connectivity index (χ2v) is 7.58. The van der Waals surface area contributed by atoms with Gasteiger partial charge in [0.15, 0.2) is 0 Å². The van der Waals surface area contributed by atoms with Gasteiger partial charge < -0.3 is 14.5 Å². The highest BCUT2D eigenvalue weighted by atomic mass is 35.5. The third-order valence-corrected chi connectivity index (χ3v) is 5.95. The number of nitrogens with zero attached hydrogens (tertiary/aromatic N) is 2. The molecule has 0 bridgehead atoms. The van der Waals surface area contributed by atoms with Crippen LogP contribution in [0.3, 0.4) is 0 Å². The number of piperazine rings is 1. The van der Waals surface area contributed by atoms with Crippen LogP contribution >= 0.6 is 22.9 Å². The maximum absolute atomic E-state index is 12.9. The van der Waals surface area contributed by atoms with Crippen LogP contribution in [-0.2, 0) is 0 Å². The molecule has 0 spiro atoms. The van der Waals surface area contributed by atoms with E-state index < -0.39 is 0 Å². The largest absolute Gasteiger partial charge is 0.495 e. The van der Waals surface area contributed by atoms with E-state index in [0.29, 0.717) is 10.4 Å². The van der Waals surface area contributed by atoms with Gasteiger partial charge in [0.05, 0.1) is 18.5 Å². The molecule has 0 unspecified atom stereocenters. The SMILES string of the molecule is COc1ccccc1N1CCN(c2csc3ccc(Cl)cc3c2=O)CC1. The van der Waals surface area contributed by atoms with E-state index in [0.717, 1.165) is 48.0 Å². The normalized spacial score (nSPS) is 14.7. The van der Waals surface area contributed by atoms with Crippen molar-refractivity contribution in [3.05, 3.63) is 63.1 Å². The molecule has 1 saturated heterocycles. The minimum atomic E-state index is 0.0620. The molecule has 0 aliphatic carbocycles. The molecule has 1 aliphatic rings. The van der Waals surface area contributed by atoms with Crippen LogP contribution in [0, 0.1) is 0 Å². The van der Waals surface area contributed by atoms with Crippen LogP contribution in [0.15, 0.2) is 52.6 Å². The van der Waals surface area contributed by atoms with Crippen molar-refractivity contribution < 1.29 is 4.74 Å². The summed E-state index contributed by atoms with van der Waals surface area (Å²) in [5.74, 6) is 0.882. The maximum atomic E-state index is 12.9. The molecule has 2 aromatic carbocycles. The number of hydrogen-bond acceptors (Lipinski definition) is 5. The fourth-order valence-corrected chi connectivity index (χ4v) is 4.48. The van der Waals surface area contributed by atoms with Crippen LogP contribution < -0.4 is 20.0 Å². The fourth-order valence-electron chi connectivity index (χ4n) is 3.39. The van der Waals surface area contributed by atoms with Gasteiger partial charge in [-0.2, -0.15) is 0 Å². The molecule has 0 N–H and O–H groups in total. The third kappa shape index (κ3) is 3.13. The molecule has 0 saturated carbocycles. The Hall–Kier alpha value is -2.24. The van der Waals surface area contributed by atoms with Gasteiger partial charge in [0.2, 0.25) is 5.43 Å². The van der Waals surface area contributed by atoms with Crippen molar-refractivity contribution >= 4 is 44.4 Å². The molecule has 1 fully saturated rings. The van der Waals surface area contributed by atoms with Crippen molar-refractivity contribution in [2.24, 2.45) is 0 Å². The number of methoxy groups -OCH3 is 1. The van der Waals surface area contributed by atoms with E-state index in [-0.39, 0.29) is 5.43 Å². The molecular formula is C20H19ClN2O2S. The van der Waals surface area contributed by atoms with E-state index in [9.17, 15) is 4.79 Å². The highest BCUT2D eigenvalue weighted by Crippen LogP contribution is 2.30. The van der Waals surface area contributed by atoms with Gasteiger partial charge in [-0.25, -0.2) is 0 Å². The van der Waals surface area contributed by atoms with Gasteiger partial charge in [-0.15, -0.1) is 11.3 Å². The summed E-state index contributed by atoms with van der Waals surface area (Å²) < 4.78 is 6.44. The highest BCUT2D eigenvalue weighted by molar-refractivity contribution is 7.16. The average Bonchev–Trinajstić information content (AvgIpc) is 2.69. The van der Waals surface area contributed by atoms with Crippen molar-refractivity contribution in [2.75, 3.05) is 43.1 Å². The summed E-state index contributed by atoms with van der Waals surface area (Å²) in [6.07, 6.45) is 0. The quantitative estimate of drug-likeness (QED) is 0.673. The van der Waals surface area contributed by atoms with Gasteiger partial charge in [-0.3, -0.25) is 4.79 Å². The number of para-hydroxylation sites is 2. The second-order valence-electron chi connectivity index (χ2n) is 6.24. The van der Waals surface area contributed by atoms with Crippen molar-refractivity contribution in [2.45, 2.75) is 0 Å². The van der Waals surface area contributed by atoms with Gasteiger partial charge in [-0.1, -0.05) is 23.7 Å². The zero-order chi connectivity index (χ0) is 18.1. The van der Waals surface area contributed by atoms with Crippen molar-refractivity contribution in [3.8, 4) is 5.75 Å². The Morgan fingerprint density at radius 2 is 1.69 bits per heavy atom. The van der Waals surface area contributed by atoms with Crippen molar-refractivity contribution in [3.63, 3.8) is 0 Å². The maximum Gasteiger partial charge on any atom is 0.211 e. The lowest BCUT2D eigenvalue weighted by molar-refractivity contribution is 0.413. The first-order valence-electron chi connectivity index (χ1n) is 8.51. The Morgan fingerprint density at radius 3 is 2.42 bits per heavy atom. The number of ether oxygens (including phenoxy) is 1. The number of halogens is 1. The topological polar surface area (TPSA) is 32.8 Å². The minimum absolute atomic E-state index is 0.0620. The molecule has 2 heterocycles. The summed E-state index contributed by atoms with van der Waals surface area (Å²) in [5.41, 5.74) is 1.93. The molecule has 6 heteroatoms. The first-order valence-corrected chi connectivity index (χ1v) is 9.77. The predicted molar refractivity (Wildman–Crippen MR) is 111 cm³/mol. The summed E-state index contributed by atoms with van der Waals surface area (Å²) in [4.78, 5) is 17.4. The molecule has 0 atom stereocenters. The minimum Gasteiger partial charge on any atom is -0.495 e. The first-order chi connectivity index (χ1) is 12.7. The summed E-state index contributed by atoms with van der Waals surface area (Å²) >= 11 is 7.67. The molecule has 1 aliphatic heterocycles. The lowest BCUT2D eigenvalue weighted by Gasteiger charge is -2.37. The highest BCUT2D eigenvalue weighted by Gasteiger charge is 2.21. The molecule has 0 radical (unpaired) electrons. The average molecular weight is 387 g/mol. The molecule has 3 aromatic rings. The Balaban J connectivity index is 1.58. The first kappa shape index (κ1) is 17.2. The Morgan fingerprint density at radius 1 is 1.00 bits per heavy atom. The van der Waals surface area contributed by atoms with E-state index in [1.807, 2.05) is 35.7 Å². The third-order valence-electron chi connectivity index (χ3n) is 4.76. The Bertz CT molecular complexity index is 997. The zero-order valence-corrected chi connectivity index (χ0v) is 16.0. The number of benzene rings is 2. The van der Waals surface area contributed by atoms with Crippen LogP contribution in [0.25, 0.3) is 10.1 Å². The van der Waals surface area contributed by atoms with E-state index in [1.165, 1.54) is 0 Å². The molecule has 0 amide bonds. The molecular weight excluding hydrogens is 368 g/mol. The van der Waals surface area contributed by atoms with Crippen molar-refractivity contribution in [1.29, 1.82) is 0 Å². The monoisotopic (exact) mass is 386 g/mol. The van der Waals surface area contributed by atoms with Gasteiger partial charge in [-0.05, 0) is 30.3 Å². The smallest absolute Gasteiger partial charge is 0.211 e. The Kier molecular flexibility index (Phi) is 4.74. The van der Waals surface area contributed by atoms with Gasteiger partial charge in [0.1, 0.15) is 5.75 Å². The van der Waals surface area contributed by atoms with Crippen molar-refractivity contribution in [1.82, 2.24) is 0 Å². The number of rotatable bonds is 3. The van der Waals surface area contributed by atoms with Crippen LogP contribution in [-0.4, -0.2) is 33.3 Å². The number of hydrogen-bond donors (Lipinski definition) is 0. The lowest BCUT2D eigenvalue weighted by atomic mass is 10.2. The van der Waals surface area contributed by atoms with Gasteiger partial charge in [0.25, 0.3) is 0 Å². The summed E-state index contributed by atoms with van der Waals surface area (Å²) in [5, 5.41) is 3.27. The second kappa shape index (κ2) is 7.17. The zero-order valence-electron chi connectivity index (χ0n) is 14.4. The van der Waals surface area contributed by atoms with Gasteiger partial charge >= 0.3 is 0 Å². The van der Waals surface area contributed by atoms with Crippen LogP contribution in [0.2, 0.25) is 5.02 Å². The van der Waals surface area contributed by atoms with Crippen LogP contribution in [0.5, 0.6) is 5.75 Å². The van der Waals surface area contributed by atoms with E-state index in [2.05, 4.69) is 15.9 Å².